The van der Waals surface area contributed by atoms with Crippen molar-refractivity contribution in [3.63, 3.8) is 0 Å². The highest BCUT2D eigenvalue weighted by Gasteiger charge is 2.15. The lowest BCUT2D eigenvalue weighted by Crippen LogP contribution is -2.24. The molecule has 29 heavy (non-hydrogen) atoms. The molecule has 3 aromatic rings. The fraction of sp³-hybridized carbons (Fsp3) is 0.167. The van der Waals surface area contributed by atoms with Crippen LogP contribution in [0.15, 0.2) is 72.8 Å². The normalized spacial score (nSPS) is 10.3. The highest BCUT2D eigenvalue weighted by atomic mass is 16.5. The van der Waals surface area contributed by atoms with Gasteiger partial charge in [-0.3, -0.25) is 9.59 Å². The van der Waals surface area contributed by atoms with Gasteiger partial charge in [0.25, 0.3) is 11.8 Å². The second-order valence-corrected chi connectivity index (χ2v) is 6.58. The predicted molar refractivity (Wildman–Crippen MR) is 114 cm³/mol. The van der Waals surface area contributed by atoms with Crippen molar-refractivity contribution in [2.75, 3.05) is 11.9 Å². The van der Waals surface area contributed by atoms with Gasteiger partial charge in [-0.1, -0.05) is 42.5 Å². The number of rotatable bonds is 7. The number of aryl methyl sites for hydroxylation is 1. The summed E-state index contributed by atoms with van der Waals surface area (Å²) in [5.74, 6) is 0.233. The van der Waals surface area contributed by atoms with Crippen LogP contribution in [0.3, 0.4) is 0 Å². The molecule has 5 heteroatoms. The summed E-state index contributed by atoms with van der Waals surface area (Å²) in [5.41, 5.74) is 3.28. The van der Waals surface area contributed by atoms with E-state index in [1.54, 1.807) is 42.5 Å². The molecule has 0 heterocycles. The van der Waals surface area contributed by atoms with E-state index in [1.807, 2.05) is 44.2 Å². The standard InChI is InChI=1S/C24H24N2O3/c1-3-29-22-14-13-19(15-17(22)2)23(27)26-21-12-8-7-11-20(21)24(28)25-16-18-9-5-4-6-10-18/h4-15H,3,16H2,1-2H3,(H,25,28)(H,26,27). The minimum atomic E-state index is -0.278. The molecule has 0 radical (unpaired) electrons. The number of nitrogens with one attached hydrogen (secondary N) is 2. The lowest BCUT2D eigenvalue weighted by Gasteiger charge is -2.13. The fourth-order valence-electron chi connectivity index (χ4n) is 2.97. The molecule has 0 spiro atoms. The molecule has 0 atom stereocenters. The van der Waals surface area contributed by atoms with Crippen LogP contribution in [0.25, 0.3) is 0 Å². The third kappa shape index (κ3) is 5.23. The number of para-hydroxylation sites is 1. The second kappa shape index (κ2) is 9.55. The summed E-state index contributed by atoms with van der Waals surface area (Å²) in [5, 5.41) is 5.74. The molecule has 148 valence electrons. The average molecular weight is 388 g/mol. The summed E-state index contributed by atoms with van der Waals surface area (Å²) >= 11 is 0. The van der Waals surface area contributed by atoms with Crippen LogP contribution in [-0.4, -0.2) is 18.4 Å². The first-order chi connectivity index (χ1) is 14.1. The number of hydrogen-bond donors (Lipinski definition) is 2. The van der Waals surface area contributed by atoms with E-state index in [9.17, 15) is 9.59 Å². The number of carbonyl (C=O) groups is 2. The maximum atomic E-state index is 12.7. The molecule has 2 amide bonds. The Morgan fingerprint density at radius 2 is 1.62 bits per heavy atom. The van der Waals surface area contributed by atoms with Crippen molar-refractivity contribution in [2.24, 2.45) is 0 Å². The van der Waals surface area contributed by atoms with Gasteiger partial charge in [-0.05, 0) is 55.3 Å². The summed E-state index contributed by atoms with van der Waals surface area (Å²) in [6.45, 7) is 4.80. The number of amides is 2. The zero-order chi connectivity index (χ0) is 20.6. The molecule has 0 aliphatic heterocycles. The van der Waals surface area contributed by atoms with Gasteiger partial charge in [-0.15, -0.1) is 0 Å². The minimum Gasteiger partial charge on any atom is -0.494 e. The topological polar surface area (TPSA) is 67.4 Å². The first-order valence-corrected chi connectivity index (χ1v) is 9.54. The third-order valence-electron chi connectivity index (χ3n) is 4.45. The van der Waals surface area contributed by atoms with Crippen molar-refractivity contribution in [3.8, 4) is 5.75 Å². The molecule has 0 saturated carbocycles. The lowest BCUT2D eigenvalue weighted by molar-refractivity contribution is 0.0952. The molecule has 0 aliphatic carbocycles. The van der Waals surface area contributed by atoms with Crippen LogP contribution in [0, 0.1) is 6.92 Å². The number of hydrogen-bond acceptors (Lipinski definition) is 3. The van der Waals surface area contributed by atoms with E-state index < -0.39 is 0 Å². The van der Waals surface area contributed by atoms with Gasteiger partial charge in [-0.2, -0.15) is 0 Å². The summed E-state index contributed by atoms with van der Waals surface area (Å²) in [6.07, 6.45) is 0. The number of anilines is 1. The number of ether oxygens (including phenoxy) is 1. The Labute approximate surface area is 170 Å². The van der Waals surface area contributed by atoms with Crippen LogP contribution in [0.4, 0.5) is 5.69 Å². The molecule has 0 saturated heterocycles. The molecule has 0 fully saturated rings. The van der Waals surface area contributed by atoms with E-state index >= 15 is 0 Å². The van der Waals surface area contributed by atoms with Crippen LogP contribution in [0.2, 0.25) is 0 Å². The van der Waals surface area contributed by atoms with Crippen molar-refractivity contribution in [1.82, 2.24) is 5.32 Å². The molecule has 0 aromatic heterocycles. The van der Waals surface area contributed by atoms with E-state index in [2.05, 4.69) is 10.6 Å². The first-order valence-electron chi connectivity index (χ1n) is 9.54. The van der Waals surface area contributed by atoms with Crippen LogP contribution in [0.5, 0.6) is 5.75 Å². The average Bonchev–Trinajstić information content (AvgIpc) is 2.74. The van der Waals surface area contributed by atoms with Gasteiger partial charge in [-0.25, -0.2) is 0 Å². The van der Waals surface area contributed by atoms with E-state index in [1.165, 1.54) is 0 Å². The first kappa shape index (κ1) is 20.1. The molecular formula is C24H24N2O3. The van der Waals surface area contributed by atoms with Gasteiger partial charge in [0.2, 0.25) is 0 Å². The van der Waals surface area contributed by atoms with Gasteiger partial charge < -0.3 is 15.4 Å². The van der Waals surface area contributed by atoms with Crippen molar-refractivity contribution in [2.45, 2.75) is 20.4 Å². The highest BCUT2D eigenvalue weighted by molar-refractivity contribution is 6.09. The molecule has 2 N–H and O–H groups in total. The van der Waals surface area contributed by atoms with Crippen LogP contribution in [-0.2, 0) is 6.54 Å². The molecule has 0 aliphatic rings. The lowest BCUT2D eigenvalue weighted by atomic mass is 10.1. The number of carbonyl (C=O) groups excluding carboxylic acids is 2. The van der Waals surface area contributed by atoms with Gasteiger partial charge in [0.05, 0.1) is 17.9 Å². The van der Waals surface area contributed by atoms with Gasteiger partial charge >= 0.3 is 0 Å². The molecule has 3 aromatic carbocycles. The Morgan fingerprint density at radius 3 is 2.34 bits per heavy atom. The summed E-state index contributed by atoms with van der Waals surface area (Å²) in [6, 6.07) is 21.9. The largest absolute Gasteiger partial charge is 0.494 e. The Morgan fingerprint density at radius 1 is 0.897 bits per heavy atom. The summed E-state index contributed by atoms with van der Waals surface area (Å²) in [4.78, 5) is 25.4. The van der Waals surface area contributed by atoms with E-state index in [0.717, 1.165) is 16.9 Å². The smallest absolute Gasteiger partial charge is 0.255 e. The third-order valence-corrected chi connectivity index (χ3v) is 4.45. The number of benzene rings is 3. The van der Waals surface area contributed by atoms with Crippen LogP contribution >= 0.6 is 0 Å². The predicted octanol–water partition coefficient (Wildman–Crippen LogP) is 4.58. The zero-order valence-electron chi connectivity index (χ0n) is 16.6. The Hall–Kier alpha value is -3.60. The van der Waals surface area contributed by atoms with Crippen LogP contribution in [0.1, 0.15) is 38.8 Å². The Balaban J connectivity index is 1.72. The van der Waals surface area contributed by atoms with E-state index in [0.29, 0.717) is 30.0 Å². The Bertz CT molecular complexity index is 1000. The molecule has 0 bridgehead atoms. The van der Waals surface area contributed by atoms with Crippen molar-refractivity contribution < 1.29 is 14.3 Å². The van der Waals surface area contributed by atoms with Crippen molar-refractivity contribution in [1.29, 1.82) is 0 Å². The SMILES string of the molecule is CCOc1ccc(C(=O)Nc2ccccc2C(=O)NCc2ccccc2)cc1C. The molecule has 0 unspecified atom stereocenters. The van der Waals surface area contributed by atoms with E-state index in [-0.39, 0.29) is 11.8 Å². The van der Waals surface area contributed by atoms with Crippen molar-refractivity contribution in [3.05, 3.63) is 95.1 Å². The highest BCUT2D eigenvalue weighted by Crippen LogP contribution is 2.21. The van der Waals surface area contributed by atoms with Crippen molar-refractivity contribution >= 4 is 17.5 Å². The van der Waals surface area contributed by atoms with Gasteiger partial charge in [0, 0.05) is 12.1 Å². The molecular weight excluding hydrogens is 364 g/mol. The van der Waals surface area contributed by atoms with Crippen LogP contribution < -0.4 is 15.4 Å². The monoisotopic (exact) mass is 388 g/mol. The second-order valence-electron chi connectivity index (χ2n) is 6.58. The van der Waals surface area contributed by atoms with Gasteiger partial charge in [0.1, 0.15) is 5.75 Å². The maximum absolute atomic E-state index is 12.7. The summed E-state index contributed by atoms with van der Waals surface area (Å²) < 4.78 is 5.52. The minimum absolute atomic E-state index is 0.243. The fourth-order valence-corrected chi connectivity index (χ4v) is 2.97. The molecule has 5 nitrogen and oxygen atoms in total. The molecule has 3 rings (SSSR count). The summed E-state index contributed by atoms with van der Waals surface area (Å²) in [7, 11) is 0. The van der Waals surface area contributed by atoms with E-state index in [4.69, 9.17) is 4.74 Å². The maximum Gasteiger partial charge on any atom is 0.255 e. The quantitative estimate of drug-likeness (QED) is 0.623. The Kier molecular flexibility index (Phi) is 6.63. The zero-order valence-corrected chi connectivity index (χ0v) is 16.6. The van der Waals surface area contributed by atoms with Gasteiger partial charge in [0.15, 0.2) is 0 Å².